The number of carbonyl (C=O) groups excluding carboxylic acids is 7. The maximum Gasteiger partial charge on any atom is 0.328 e. The van der Waals surface area contributed by atoms with E-state index in [-0.39, 0.29) is 37.5 Å². The number of nitrogens with one attached hydrogen (secondary N) is 7. The molecule has 24 heteroatoms. The van der Waals surface area contributed by atoms with Crippen LogP contribution in [0.15, 0.2) is 24.3 Å². The van der Waals surface area contributed by atoms with Crippen LogP contribution < -0.4 is 48.7 Å². The molecule has 17 N–H and O–H groups in total. The van der Waals surface area contributed by atoms with Crippen LogP contribution in [0.5, 0.6) is 5.75 Å². The molecule has 0 saturated heterocycles. The van der Waals surface area contributed by atoms with E-state index in [9.17, 15) is 73.8 Å². The van der Waals surface area contributed by atoms with Crippen LogP contribution in [0.4, 0.5) is 0 Å². The average Bonchev–Trinajstić information content (AvgIpc) is 3.19. The summed E-state index contributed by atoms with van der Waals surface area (Å²) in [5.74, 6) is -10.4. The van der Waals surface area contributed by atoms with Crippen LogP contribution >= 0.6 is 0 Å². The highest BCUT2D eigenvalue weighted by Crippen LogP contribution is 2.12. The highest BCUT2D eigenvalue weighted by atomic mass is 16.4. The minimum Gasteiger partial charge on any atom is -0.508 e. The van der Waals surface area contributed by atoms with Crippen LogP contribution in [-0.2, 0) is 49.6 Å². The average molecular weight is 884 g/mol. The topological polar surface area (TPSA) is 411 Å². The van der Waals surface area contributed by atoms with E-state index in [1.165, 1.54) is 31.2 Å². The van der Waals surface area contributed by atoms with Crippen molar-refractivity contribution in [1.29, 1.82) is 0 Å². The van der Waals surface area contributed by atoms with E-state index in [2.05, 4.69) is 31.9 Å². The molecule has 9 unspecified atom stereocenters. The van der Waals surface area contributed by atoms with E-state index in [0.717, 1.165) is 6.92 Å². The second kappa shape index (κ2) is 27.1. The zero-order chi connectivity index (χ0) is 47.3. The lowest BCUT2D eigenvalue weighted by molar-refractivity contribution is -0.145. The molecule has 24 nitrogen and oxygen atoms in total. The number of benzene rings is 1. The molecule has 0 radical (unpaired) electrons. The summed E-state index contributed by atoms with van der Waals surface area (Å²) in [6.07, 6.45) is -1.82. The van der Waals surface area contributed by atoms with Crippen molar-refractivity contribution in [3.05, 3.63) is 29.8 Å². The van der Waals surface area contributed by atoms with Crippen molar-refractivity contribution in [2.45, 2.75) is 121 Å². The molecule has 7 amide bonds. The molecule has 0 aliphatic heterocycles. The fraction of sp³-hybridized carbons (Fsp3) is 0.605. The molecule has 0 fully saturated rings. The van der Waals surface area contributed by atoms with Crippen LogP contribution in [0, 0.1) is 5.92 Å². The molecule has 0 saturated carbocycles. The first kappa shape index (κ1) is 54.1. The summed E-state index contributed by atoms with van der Waals surface area (Å²) in [6.45, 7) is 4.04. The summed E-state index contributed by atoms with van der Waals surface area (Å²) >= 11 is 0. The van der Waals surface area contributed by atoms with Gasteiger partial charge < -0.3 is 79.3 Å². The Labute approximate surface area is 357 Å². The summed E-state index contributed by atoms with van der Waals surface area (Å²) in [6, 6.07) is -7.11. The molecule has 1 rings (SSSR count). The third kappa shape index (κ3) is 19.2. The lowest BCUT2D eigenvalue weighted by Crippen LogP contribution is -2.61. The zero-order valence-corrected chi connectivity index (χ0v) is 35.0. The maximum atomic E-state index is 13.5. The van der Waals surface area contributed by atoms with Crippen LogP contribution in [-0.4, -0.2) is 158 Å². The number of unbranched alkanes of at least 4 members (excludes halogenated alkanes) is 1. The summed E-state index contributed by atoms with van der Waals surface area (Å²) in [7, 11) is 0. The highest BCUT2D eigenvalue weighted by Gasteiger charge is 2.34. The fourth-order valence-electron chi connectivity index (χ4n) is 5.64. The van der Waals surface area contributed by atoms with Crippen LogP contribution in [0.3, 0.4) is 0 Å². The van der Waals surface area contributed by atoms with Crippen molar-refractivity contribution in [2.24, 2.45) is 17.4 Å². The van der Waals surface area contributed by atoms with Crippen molar-refractivity contribution in [2.75, 3.05) is 19.8 Å². The van der Waals surface area contributed by atoms with Gasteiger partial charge in [-0.25, -0.2) is 4.79 Å². The number of nitrogens with two attached hydrogens (primary N) is 2. The molecule has 348 valence electrons. The number of hydrogen-bond donors (Lipinski definition) is 15. The van der Waals surface area contributed by atoms with Crippen molar-refractivity contribution in [1.82, 2.24) is 37.2 Å². The number of carboxylic acids is 2. The molecule has 0 bridgehead atoms. The third-order valence-corrected chi connectivity index (χ3v) is 9.09. The SMILES string of the molecule is CC(C)CC(N)C(=O)NC(CC(=O)O)C(=O)NC(CCCCN)C(=O)NC(C)C(=O)NC(CO)C(=O)NC(Cc1ccc(O)cc1)C(=O)NC(CO)C(=O)NC(C(=O)O)C(C)O. The second-order valence-electron chi connectivity index (χ2n) is 15.0. The van der Waals surface area contributed by atoms with Gasteiger partial charge in [0, 0.05) is 6.42 Å². The van der Waals surface area contributed by atoms with Gasteiger partial charge in [0.1, 0.15) is 42.0 Å². The van der Waals surface area contributed by atoms with Gasteiger partial charge in [-0.15, -0.1) is 0 Å². The van der Waals surface area contributed by atoms with Gasteiger partial charge in [-0.1, -0.05) is 26.0 Å². The lowest BCUT2D eigenvalue weighted by Gasteiger charge is -2.26. The van der Waals surface area contributed by atoms with Gasteiger partial charge in [-0.2, -0.15) is 0 Å². The van der Waals surface area contributed by atoms with E-state index in [1.54, 1.807) is 0 Å². The number of carbonyl (C=O) groups is 9. The van der Waals surface area contributed by atoms with Crippen molar-refractivity contribution in [3.8, 4) is 5.75 Å². The van der Waals surface area contributed by atoms with Crippen molar-refractivity contribution in [3.63, 3.8) is 0 Å². The fourth-order valence-corrected chi connectivity index (χ4v) is 5.64. The third-order valence-electron chi connectivity index (χ3n) is 9.09. The van der Waals surface area contributed by atoms with Gasteiger partial charge in [-0.3, -0.25) is 38.4 Å². The normalized spacial score (nSPS) is 15.5. The Morgan fingerprint density at radius 1 is 0.613 bits per heavy atom. The molecule has 9 atom stereocenters. The van der Waals surface area contributed by atoms with Crippen LogP contribution in [0.2, 0.25) is 0 Å². The van der Waals surface area contributed by atoms with E-state index < -0.39 is 127 Å². The minimum absolute atomic E-state index is 0.00632. The molecule has 0 aromatic heterocycles. The van der Waals surface area contributed by atoms with Gasteiger partial charge in [0.25, 0.3) is 0 Å². The molecule has 62 heavy (non-hydrogen) atoms. The molecule has 1 aromatic rings. The Morgan fingerprint density at radius 3 is 1.58 bits per heavy atom. The minimum atomic E-state index is -1.81. The standard InChI is InChI=1S/C38H61N9O15/c1-18(2)13-23(40)32(55)43-26(15-29(52)53)35(58)42-24(7-5-6-12-39)33(56)41-19(3)31(54)45-27(16-48)36(59)44-25(14-21-8-10-22(51)11-9-21)34(57)46-28(17-49)37(60)47-30(20(4)50)38(61)62/h8-11,18-20,23-28,30,48-51H,5-7,12-17,39-40H2,1-4H3,(H,41,56)(H,42,58)(H,43,55)(H,44,59)(H,45,54)(H,46,57)(H,47,60)(H,52,53)(H,61,62). The maximum absolute atomic E-state index is 13.5. The monoisotopic (exact) mass is 883 g/mol. The van der Waals surface area contributed by atoms with Crippen molar-refractivity contribution < 1.29 is 73.8 Å². The Balaban J connectivity index is 3.21. The predicted molar refractivity (Wildman–Crippen MR) is 217 cm³/mol. The first-order valence-corrected chi connectivity index (χ1v) is 19.7. The summed E-state index contributed by atoms with van der Waals surface area (Å²) in [4.78, 5) is 115. The summed E-state index contributed by atoms with van der Waals surface area (Å²) < 4.78 is 0. The number of carboxylic acid groups (broad SMARTS) is 2. The number of rotatable bonds is 28. The van der Waals surface area contributed by atoms with E-state index >= 15 is 0 Å². The van der Waals surface area contributed by atoms with Crippen LogP contribution in [0.1, 0.15) is 65.4 Å². The predicted octanol–water partition coefficient (Wildman–Crippen LogP) is -5.22. The van der Waals surface area contributed by atoms with E-state index in [4.69, 9.17) is 11.5 Å². The second-order valence-corrected chi connectivity index (χ2v) is 15.0. The highest BCUT2D eigenvalue weighted by molar-refractivity contribution is 5.98. The number of hydrogen-bond acceptors (Lipinski definition) is 15. The van der Waals surface area contributed by atoms with Gasteiger partial charge >= 0.3 is 11.9 Å². The lowest BCUT2D eigenvalue weighted by atomic mass is 10.0. The van der Waals surface area contributed by atoms with Gasteiger partial charge in [0.2, 0.25) is 41.4 Å². The first-order valence-electron chi connectivity index (χ1n) is 19.7. The van der Waals surface area contributed by atoms with E-state index in [1.807, 2.05) is 19.2 Å². The first-order chi connectivity index (χ1) is 29.0. The summed E-state index contributed by atoms with van der Waals surface area (Å²) in [5.41, 5.74) is 11.8. The van der Waals surface area contributed by atoms with E-state index in [0.29, 0.717) is 18.4 Å². The number of phenols is 1. The van der Waals surface area contributed by atoms with Gasteiger partial charge in [0.15, 0.2) is 6.04 Å². The molecule has 0 aliphatic carbocycles. The molecule has 0 spiro atoms. The molecule has 0 aliphatic rings. The Hall–Kier alpha value is -5.95. The quantitative estimate of drug-likeness (QED) is 0.0350. The number of aliphatic carboxylic acids is 2. The smallest absolute Gasteiger partial charge is 0.328 e. The largest absolute Gasteiger partial charge is 0.508 e. The zero-order valence-electron chi connectivity index (χ0n) is 35.0. The molecular weight excluding hydrogens is 822 g/mol. The summed E-state index contributed by atoms with van der Waals surface area (Å²) in [5, 5.41) is 73.8. The molecule has 0 heterocycles. The number of phenolic OH excluding ortho intramolecular Hbond substituents is 1. The Bertz CT molecular complexity index is 1700. The van der Waals surface area contributed by atoms with Gasteiger partial charge in [-0.05, 0) is 69.7 Å². The Kier molecular flexibility index (Phi) is 23.6. The van der Waals surface area contributed by atoms with Crippen LogP contribution in [0.25, 0.3) is 0 Å². The number of aliphatic hydroxyl groups is 3. The molecular formula is C38H61N9O15. The number of aromatic hydroxyl groups is 1. The Morgan fingerprint density at radius 2 is 1.08 bits per heavy atom. The number of amides is 7. The van der Waals surface area contributed by atoms with Gasteiger partial charge in [0.05, 0.1) is 31.8 Å². The number of aliphatic hydroxyl groups excluding tert-OH is 3. The molecule has 1 aromatic carbocycles. The van der Waals surface area contributed by atoms with Crippen molar-refractivity contribution >= 4 is 53.3 Å².